The highest BCUT2D eigenvalue weighted by atomic mass is 16.2. The van der Waals surface area contributed by atoms with Crippen LogP contribution in [0.25, 0.3) is 0 Å². The molecule has 0 aromatic heterocycles. The van der Waals surface area contributed by atoms with Gasteiger partial charge in [0.25, 0.3) is 0 Å². The minimum atomic E-state index is -0.460. The van der Waals surface area contributed by atoms with E-state index in [0.717, 1.165) is 18.4 Å². The van der Waals surface area contributed by atoms with Crippen LogP contribution in [-0.4, -0.2) is 40.2 Å². The number of hydrogen-bond acceptors (Lipinski definition) is 3. The molecule has 2 atom stereocenters. The molecule has 0 unspecified atom stereocenters. The van der Waals surface area contributed by atoms with Gasteiger partial charge in [-0.15, -0.1) is 0 Å². The van der Waals surface area contributed by atoms with Gasteiger partial charge in [-0.05, 0) is 31.4 Å². The maximum Gasteiger partial charge on any atom is 0.246 e. The molecule has 2 aliphatic heterocycles. The van der Waals surface area contributed by atoms with Gasteiger partial charge in [0.05, 0.1) is 11.6 Å². The van der Waals surface area contributed by atoms with Crippen LogP contribution in [-0.2, 0) is 16.1 Å². The van der Waals surface area contributed by atoms with Crippen LogP contribution >= 0.6 is 0 Å². The van der Waals surface area contributed by atoms with Crippen molar-refractivity contribution in [3.8, 4) is 6.07 Å². The molecule has 1 aromatic carbocycles. The van der Waals surface area contributed by atoms with Crippen molar-refractivity contribution < 1.29 is 9.59 Å². The first-order chi connectivity index (χ1) is 10.1. The molecular weight excluding hydrogens is 266 g/mol. The maximum absolute atomic E-state index is 12.6. The highest BCUT2D eigenvalue weighted by Crippen LogP contribution is 2.28. The van der Waals surface area contributed by atoms with Gasteiger partial charge in [0.15, 0.2) is 0 Å². The van der Waals surface area contributed by atoms with Crippen molar-refractivity contribution in [3.63, 3.8) is 0 Å². The van der Waals surface area contributed by atoms with Gasteiger partial charge in [-0.25, -0.2) is 0 Å². The number of fused-ring (bicyclic) bond motifs is 1. The van der Waals surface area contributed by atoms with Gasteiger partial charge < -0.3 is 9.80 Å². The third kappa shape index (κ3) is 2.17. The highest BCUT2D eigenvalue weighted by molar-refractivity contribution is 5.97. The van der Waals surface area contributed by atoms with Gasteiger partial charge in [0.1, 0.15) is 12.1 Å². The van der Waals surface area contributed by atoms with E-state index in [1.54, 1.807) is 28.9 Å². The molecule has 2 fully saturated rings. The lowest BCUT2D eigenvalue weighted by atomic mass is 10.0. The molecule has 3 rings (SSSR count). The normalized spacial score (nSPS) is 25.0. The van der Waals surface area contributed by atoms with Crippen molar-refractivity contribution in [2.24, 2.45) is 0 Å². The van der Waals surface area contributed by atoms with E-state index in [2.05, 4.69) is 6.07 Å². The second-order valence-electron chi connectivity index (χ2n) is 5.60. The number of benzene rings is 1. The highest BCUT2D eigenvalue weighted by Gasteiger charge is 2.45. The average Bonchev–Trinajstić information content (AvgIpc) is 2.99. The van der Waals surface area contributed by atoms with E-state index >= 15 is 0 Å². The molecule has 5 heteroatoms. The minimum Gasteiger partial charge on any atom is -0.329 e. The van der Waals surface area contributed by atoms with Crippen LogP contribution in [0.2, 0.25) is 0 Å². The molecule has 0 saturated carbocycles. The molecule has 0 N–H and O–H groups in total. The summed E-state index contributed by atoms with van der Waals surface area (Å²) < 4.78 is 0. The van der Waals surface area contributed by atoms with Gasteiger partial charge in [-0.1, -0.05) is 18.2 Å². The van der Waals surface area contributed by atoms with Gasteiger partial charge >= 0.3 is 0 Å². The van der Waals surface area contributed by atoms with Crippen LogP contribution < -0.4 is 0 Å². The van der Waals surface area contributed by atoms with Gasteiger partial charge in [-0.2, -0.15) is 5.26 Å². The van der Waals surface area contributed by atoms with E-state index in [-0.39, 0.29) is 17.9 Å². The average molecular weight is 283 g/mol. The molecule has 108 valence electrons. The zero-order valence-corrected chi connectivity index (χ0v) is 12.0. The molecule has 2 saturated heterocycles. The number of nitrogens with zero attached hydrogens (tertiary/aromatic N) is 3. The van der Waals surface area contributed by atoms with Crippen LogP contribution in [0.4, 0.5) is 0 Å². The summed E-state index contributed by atoms with van der Waals surface area (Å²) in [6.07, 6.45) is 1.63. The first kappa shape index (κ1) is 13.6. The fourth-order valence-corrected chi connectivity index (χ4v) is 3.21. The number of hydrogen-bond donors (Lipinski definition) is 0. The zero-order chi connectivity index (χ0) is 15.0. The van der Waals surface area contributed by atoms with Crippen molar-refractivity contribution >= 4 is 11.8 Å². The summed E-state index contributed by atoms with van der Waals surface area (Å²) in [6.45, 7) is 2.77. The molecule has 0 spiro atoms. The van der Waals surface area contributed by atoms with Crippen LogP contribution in [0, 0.1) is 11.3 Å². The Morgan fingerprint density at radius 2 is 2.05 bits per heavy atom. The second-order valence-corrected chi connectivity index (χ2v) is 5.60. The van der Waals surface area contributed by atoms with Crippen molar-refractivity contribution in [2.75, 3.05) is 6.54 Å². The van der Waals surface area contributed by atoms with Crippen molar-refractivity contribution in [3.05, 3.63) is 35.4 Å². The Kier molecular flexibility index (Phi) is 3.38. The molecule has 5 nitrogen and oxygen atoms in total. The van der Waals surface area contributed by atoms with E-state index in [9.17, 15) is 9.59 Å². The van der Waals surface area contributed by atoms with Gasteiger partial charge in [-0.3, -0.25) is 9.59 Å². The maximum atomic E-state index is 12.6. The Balaban J connectivity index is 1.89. The van der Waals surface area contributed by atoms with Gasteiger partial charge in [0.2, 0.25) is 11.8 Å². The first-order valence-corrected chi connectivity index (χ1v) is 7.22. The number of carbonyl (C=O) groups is 2. The monoisotopic (exact) mass is 283 g/mol. The lowest BCUT2D eigenvalue weighted by Crippen LogP contribution is -2.61. The topological polar surface area (TPSA) is 64.4 Å². The van der Waals surface area contributed by atoms with E-state index in [4.69, 9.17) is 5.26 Å². The third-order valence-electron chi connectivity index (χ3n) is 4.41. The van der Waals surface area contributed by atoms with E-state index in [0.29, 0.717) is 18.7 Å². The Hall–Kier alpha value is -2.35. The number of carbonyl (C=O) groups excluding carboxylic acids is 2. The first-order valence-electron chi connectivity index (χ1n) is 7.22. The smallest absolute Gasteiger partial charge is 0.246 e. The number of piperazine rings is 1. The van der Waals surface area contributed by atoms with Crippen molar-refractivity contribution in [1.29, 1.82) is 5.26 Å². The fourth-order valence-electron chi connectivity index (χ4n) is 3.21. The zero-order valence-electron chi connectivity index (χ0n) is 12.0. The molecule has 21 heavy (non-hydrogen) atoms. The standard InChI is InChI=1S/C16H17N3O2/c1-11-15(20)18-8-4-7-14(18)16(21)19(11)10-13-6-3-2-5-12(13)9-17/h2-3,5-6,11,14H,4,7-8,10H2,1H3/t11-,14-/m0/s1. The molecule has 2 heterocycles. The van der Waals surface area contributed by atoms with Crippen molar-refractivity contribution in [1.82, 2.24) is 9.80 Å². The summed E-state index contributed by atoms with van der Waals surface area (Å²) in [5.41, 5.74) is 1.35. The number of nitriles is 1. The third-order valence-corrected chi connectivity index (χ3v) is 4.41. The summed E-state index contributed by atoms with van der Waals surface area (Å²) in [5, 5.41) is 9.15. The van der Waals surface area contributed by atoms with Crippen LogP contribution in [0.1, 0.15) is 30.9 Å². The number of amides is 2. The second kappa shape index (κ2) is 5.21. The Morgan fingerprint density at radius 1 is 1.29 bits per heavy atom. The molecule has 0 aliphatic carbocycles. The van der Waals surface area contributed by atoms with Crippen LogP contribution in [0.3, 0.4) is 0 Å². The Labute approximate surface area is 123 Å². The largest absolute Gasteiger partial charge is 0.329 e. The van der Waals surface area contributed by atoms with Gasteiger partial charge in [0, 0.05) is 13.1 Å². The number of rotatable bonds is 2. The Morgan fingerprint density at radius 3 is 2.81 bits per heavy atom. The molecule has 0 bridgehead atoms. The van der Waals surface area contributed by atoms with E-state index < -0.39 is 6.04 Å². The van der Waals surface area contributed by atoms with Crippen LogP contribution in [0.5, 0.6) is 0 Å². The minimum absolute atomic E-state index is 0.00680. The lowest BCUT2D eigenvalue weighted by Gasteiger charge is -2.41. The molecule has 2 aliphatic rings. The Bertz CT molecular complexity index is 635. The molecule has 0 radical (unpaired) electrons. The quantitative estimate of drug-likeness (QED) is 0.821. The summed E-state index contributed by atoms with van der Waals surface area (Å²) in [6, 6.07) is 8.59. The van der Waals surface area contributed by atoms with E-state index in [1.807, 2.05) is 12.1 Å². The predicted octanol–water partition coefficient (Wildman–Crippen LogP) is 1.28. The van der Waals surface area contributed by atoms with Crippen molar-refractivity contribution in [2.45, 2.75) is 38.4 Å². The van der Waals surface area contributed by atoms with E-state index in [1.165, 1.54) is 0 Å². The predicted molar refractivity (Wildman–Crippen MR) is 75.9 cm³/mol. The molecule has 2 amide bonds. The molecular formula is C16H17N3O2. The summed E-state index contributed by atoms with van der Waals surface area (Å²) >= 11 is 0. The lowest BCUT2D eigenvalue weighted by molar-refractivity contribution is -0.159. The SMILES string of the molecule is C[C@H]1C(=O)N2CCC[C@H]2C(=O)N1Cc1ccccc1C#N. The summed E-state index contributed by atoms with van der Waals surface area (Å²) in [7, 11) is 0. The van der Waals surface area contributed by atoms with Crippen LogP contribution in [0.15, 0.2) is 24.3 Å². The molecule has 1 aromatic rings. The summed E-state index contributed by atoms with van der Waals surface area (Å²) in [5.74, 6) is 0.0267. The summed E-state index contributed by atoms with van der Waals surface area (Å²) in [4.78, 5) is 28.3. The fraction of sp³-hybridized carbons (Fsp3) is 0.438.